The maximum absolute atomic E-state index is 10.6. The summed E-state index contributed by atoms with van der Waals surface area (Å²) in [5.74, 6) is 0. The Kier molecular flexibility index (Phi) is 3.06. The number of carbonyl (C=O) groups excluding carboxylic acids is 1. The molecular weight excluding hydrogens is 172 g/mol. The van der Waals surface area contributed by atoms with Gasteiger partial charge in [0.2, 0.25) is 0 Å². The lowest BCUT2D eigenvalue weighted by molar-refractivity contribution is -0.103. The molecule has 0 bridgehead atoms. The largest absolute Gasteiger partial charge is 0.298 e. The van der Waals surface area contributed by atoms with Gasteiger partial charge in [-0.05, 0) is 12.5 Å². The van der Waals surface area contributed by atoms with Gasteiger partial charge in [0.25, 0.3) is 0 Å². The van der Waals surface area contributed by atoms with E-state index in [1.54, 1.807) is 6.92 Å². The summed E-state index contributed by atoms with van der Waals surface area (Å²) in [6.07, 6.45) is 0.775. The highest BCUT2D eigenvalue weighted by Gasteiger charge is 2.01. The zero-order valence-electron chi connectivity index (χ0n) is 6.75. The van der Waals surface area contributed by atoms with E-state index in [1.165, 1.54) is 0 Å². The Balaban J connectivity index is 3.14. The molecule has 0 aromatic heterocycles. The number of hydrogen-bond donors (Lipinski definition) is 0. The molecule has 0 unspecified atom stereocenters. The highest BCUT2D eigenvalue weighted by molar-refractivity contribution is 6.36. The predicted molar refractivity (Wildman–Crippen MR) is 51.0 cm³/mol. The van der Waals surface area contributed by atoms with Gasteiger partial charge < -0.3 is 0 Å². The Morgan fingerprint density at radius 2 is 1.92 bits per heavy atom. The number of benzene rings is 1. The average molecular weight is 181 g/mol. The van der Waals surface area contributed by atoms with Crippen LogP contribution in [-0.4, -0.2) is 6.29 Å². The molecule has 0 N–H and O–H groups in total. The van der Waals surface area contributed by atoms with E-state index in [9.17, 15) is 4.79 Å². The molecule has 2 heteroatoms. The second-order valence-electron chi connectivity index (χ2n) is 2.43. The first-order valence-electron chi connectivity index (χ1n) is 3.62. The molecule has 1 rings (SSSR count). The van der Waals surface area contributed by atoms with E-state index in [4.69, 9.17) is 11.6 Å². The first-order valence-corrected chi connectivity index (χ1v) is 4.00. The van der Waals surface area contributed by atoms with Gasteiger partial charge in [-0.1, -0.05) is 41.9 Å². The molecule has 62 valence electrons. The van der Waals surface area contributed by atoms with Gasteiger partial charge >= 0.3 is 0 Å². The molecule has 0 amide bonds. The molecule has 0 radical (unpaired) electrons. The van der Waals surface area contributed by atoms with Gasteiger partial charge in [-0.3, -0.25) is 4.79 Å². The highest BCUT2D eigenvalue weighted by Crippen LogP contribution is 2.18. The lowest BCUT2D eigenvalue weighted by Gasteiger charge is -1.99. The summed E-state index contributed by atoms with van der Waals surface area (Å²) in [6.45, 7) is 1.71. The fourth-order valence-corrected chi connectivity index (χ4v) is 1.12. The molecule has 0 fully saturated rings. The molecule has 0 aliphatic heterocycles. The van der Waals surface area contributed by atoms with Crippen LogP contribution in [0.1, 0.15) is 12.5 Å². The zero-order chi connectivity index (χ0) is 8.97. The van der Waals surface area contributed by atoms with Crippen LogP contribution in [0.15, 0.2) is 35.4 Å². The normalized spacial score (nSPS) is 12.2. The van der Waals surface area contributed by atoms with Crippen molar-refractivity contribution in [2.24, 2.45) is 0 Å². The van der Waals surface area contributed by atoms with E-state index in [0.717, 1.165) is 11.8 Å². The number of halogens is 1. The summed E-state index contributed by atoms with van der Waals surface area (Å²) in [6, 6.07) is 9.36. The van der Waals surface area contributed by atoms with Crippen LogP contribution in [0.4, 0.5) is 0 Å². The molecule has 0 aliphatic rings. The Labute approximate surface area is 76.7 Å². The Morgan fingerprint density at radius 1 is 1.33 bits per heavy atom. The Hall–Kier alpha value is -1.08. The van der Waals surface area contributed by atoms with Crippen LogP contribution in [0, 0.1) is 0 Å². The van der Waals surface area contributed by atoms with Gasteiger partial charge in [-0.15, -0.1) is 0 Å². The maximum Gasteiger partial charge on any atom is 0.151 e. The summed E-state index contributed by atoms with van der Waals surface area (Å²) in [5, 5.41) is 0.524. The number of aldehydes is 1. The van der Waals surface area contributed by atoms with Crippen LogP contribution >= 0.6 is 11.6 Å². The monoisotopic (exact) mass is 180 g/mol. The fourth-order valence-electron chi connectivity index (χ4n) is 0.966. The van der Waals surface area contributed by atoms with E-state index < -0.39 is 0 Å². The molecule has 1 aromatic rings. The third-order valence-corrected chi connectivity index (χ3v) is 1.78. The summed E-state index contributed by atoms with van der Waals surface area (Å²) >= 11 is 5.73. The number of hydrogen-bond acceptors (Lipinski definition) is 1. The summed E-state index contributed by atoms with van der Waals surface area (Å²) < 4.78 is 0. The van der Waals surface area contributed by atoms with Crippen molar-refractivity contribution in [3.63, 3.8) is 0 Å². The minimum Gasteiger partial charge on any atom is -0.298 e. The minimum absolute atomic E-state index is 0.524. The van der Waals surface area contributed by atoms with Crippen molar-refractivity contribution in [1.29, 1.82) is 0 Å². The van der Waals surface area contributed by atoms with Crippen LogP contribution in [0.3, 0.4) is 0 Å². The van der Waals surface area contributed by atoms with Crippen molar-refractivity contribution in [1.82, 2.24) is 0 Å². The van der Waals surface area contributed by atoms with Crippen molar-refractivity contribution in [3.8, 4) is 0 Å². The number of rotatable bonds is 2. The molecule has 0 atom stereocenters. The quantitative estimate of drug-likeness (QED) is 0.505. The van der Waals surface area contributed by atoms with E-state index in [2.05, 4.69) is 0 Å². The number of allylic oxidation sites excluding steroid dienone is 2. The van der Waals surface area contributed by atoms with Crippen molar-refractivity contribution in [2.75, 3.05) is 0 Å². The molecule has 1 aromatic carbocycles. The van der Waals surface area contributed by atoms with Gasteiger partial charge in [0, 0.05) is 10.6 Å². The zero-order valence-corrected chi connectivity index (χ0v) is 7.51. The minimum atomic E-state index is 0.524. The molecule has 0 aliphatic carbocycles. The van der Waals surface area contributed by atoms with Crippen molar-refractivity contribution < 1.29 is 4.79 Å². The fraction of sp³-hybridized carbons (Fsp3) is 0.100. The van der Waals surface area contributed by atoms with Crippen molar-refractivity contribution in [3.05, 3.63) is 40.9 Å². The standard InChI is InChI=1S/C10H9ClO/c1-8(11)10(7-12)9-5-3-2-4-6-9/h2-7H,1H3/b10-8-. The lowest BCUT2D eigenvalue weighted by Crippen LogP contribution is -1.86. The van der Waals surface area contributed by atoms with E-state index in [0.29, 0.717) is 10.6 Å². The SMILES string of the molecule is C/C(Cl)=C(\C=O)c1ccccc1. The maximum atomic E-state index is 10.6. The molecule has 0 spiro atoms. The highest BCUT2D eigenvalue weighted by atomic mass is 35.5. The first kappa shape index (κ1) is 9.01. The lowest BCUT2D eigenvalue weighted by atomic mass is 10.1. The van der Waals surface area contributed by atoms with E-state index >= 15 is 0 Å². The van der Waals surface area contributed by atoms with E-state index in [1.807, 2.05) is 30.3 Å². The predicted octanol–water partition coefficient (Wildman–Crippen LogP) is 2.86. The van der Waals surface area contributed by atoms with Crippen LogP contribution in [0.25, 0.3) is 5.57 Å². The Morgan fingerprint density at radius 3 is 2.33 bits per heavy atom. The van der Waals surface area contributed by atoms with Crippen LogP contribution < -0.4 is 0 Å². The van der Waals surface area contributed by atoms with Gasteiger partial charge in [0.1, 0.15) is 0 Å². The molecule has 0 saturated carbocycles. The number of carbonyl (C=O) groups is 1. The van der Waals surface area contributed by atoms with Gasteiger partial charge in [-0.25, -0.2) is 0 Å². The third-order valence-electron chi connectivity index (χ3n) is 1.57. The molecular formula is C10H9ClO. The van der Waals surface area contributed by atoms with Crippen LogP contribution in [-0.2, 0) is 4.79 Å². The third kappa shape index (κ3) is 1.95. The molecule has 0 heterocycles. The molecule has 12 heavy (non-hydrogen) atoms. The van der Waals surface area contributed by atoms with Crippen molar-refractivity contribution >= 4 is 23.5 Å². The van der Waals surface area contributed by atoms with Crippen LogP contribution in [0.5, 0.6) is 0 Å². The molecule has 0 saturated heterocycles. The second kappa shape index (κ2) is 4.07. The van der Waals surface area contributed by atoms with Crippen molar-refractivity contribution in [2.45, 2.75) is 6.92 Å². The van der Waals surface area contributed by atoms with Gasteiger partial charge in [-0.2, -0.15) is 0 Å². The van der Waals surface area contributed by atoms with Crippen LogP contribution in [0.2, 0.25) is 0 Å². The van der Waals surface area contributed by atoms with E-state index in [-0.39, 0.29) is 0 Å². The first-order chi connectivity index (χ1) is 5.75. The second-order valence-corrected chi connectivity index (χ2v) is 3.00. The summed E-state index contributed by atoms with van der Waals surface area (Å²) in [4.78, 5) is 10.6. The summed E-state index contributed by atoms with van der Waals surface area (Å²) in [5.41, 5.74) is 1.41. The average Bonchev–Trinajstić information content (AvgIpc) is 2.07. The smallest absolute Gasteiger partial charge is 0.151 e. The Bertz CT molecular complexity index is 297. The summed E-state index contributed by atoms with van der Waals surface area (Å²) in [7, 11) is 0. The topological polar surface area (TPSA) is 17.1 Å². The molecule has 1 nitrogen and oxygen atoms in total. The van der Waals surface area contributed by atoms with Gasteiger partial charge in [0.05, 0.1) is 0 Å². The van der Waals surface area contributed by atoms with Gasteiger partial charge in [0.15, 0.2) is 6.29 Å².